The fourth-order valence-electron chi connectivity index (χ4n) is 18.6. The zero-order valence-corrected chi connectivity index (χ0v) is 61.5. The van der Waals surface area contributed by atoms with Gasteiger partial charge in [-0.1, -0.05) is 358 Å². The SMILES string of the molecule is c1ccc(-c2nc(-c3ccc(-c4ccc5c(c4)Oc4cc(-c6ccc(-c7nc(-c8ccc(-c9ccc%10c(c9)Oc9ccccc9C%109c%10ccccc%10-c%10ccccc%109)cc8)nc(-c8cccc9ccccc89)n7)cc6)ccc4C54c5ccccc5-c5ccccc54)cc3)nc(-c3ccc(-c4ccccc4)c4ccccc34)n2)cc1. The van der Waals surface area contributed by atoms with Crippen LogP contribution in [0.2, 0.25) is 0 Å². The molecule has 8 nitrogen and oxygen atoms in total. The van der Waals surface area contributed by atoms with Gasteiger partial charge in [-0.2, -0.15) is 0 Å². The van der Waals surface area contributed by atoms with E-state index >= 15 is 0 Å². The van der Waals surface area contributed by atoms with Gasteiger partial charge >= 0.3 is 0 Å². The average molecular weight is 1450 g/mol. The van der Waals surface area contributed by atoms with Crippen LogP contribution >= 0.6 is 0 Å². The van der Waals surface area contributed by atoms with E-state index in [1.54, 1.807) is 0 Å². The molecule has 2 aliphatic carbocycles. The van der Waals surface area contributed by atoms with Crippen molar-refractivity contribution in [2.24, 2.45) is 0 Å². The Hall–Kier alpha value is -15.1. The Kier molecular flexibility index (Phi) is 14.6. The van der Waals surface area contributed by atoms with Gasteiger partial charge in [-0.3, -0.25) is 0 Å². The van der Waals surface area contributed by atoms with E-state index in [1.807, 2.05) is 18.2 Å². The first kappa shape index (κ1) is 64.8. The van der Waals surface area contributed by atoms with Crippen molar-refractivity contribution < 1.29 is 9.47 Å². The summed E-state index contributed by atoms with van der Waals surface area (Å²) in [5.41, 5.74) is 27.0. The Bertz CT molecular complexity index is 7070. The minimum Gasteiger partial charge on any atom is -0.457 e. The van der Waals surface area contributed by atoms with E-state index in [-0.39, 0.29) is 0 Å². The highest BCUT2D eigenvalue weighted by atomic mass is 16.5. The van der Waals surface area contributed by atoms with Crippen LogP contribution in [0.5, 0.6) is 23.0 Å². The third-order valence-electron chi connectivity index (χ3n) is 23.8. The summed E-state index contributed by atoms with van der Waals surface area (Å²) in [5, 5.41) is 4.37. The van der Waals surface area contributed by atoms with Crippen LogP contribution in [-0.2, 0) is 10.8 Å². The first-order chi connectivity index (χ1) is 56.5. The number of benzene rings is 17. The number of aromatic nitrogens is 6. The van der Waals surface area contributed by atoms with Crippen molar-refractivity contribution in [3.8, 4) is 158 Å². The smallest absolute Gasteiger partial charge is 0.164 e. The van der Waals surface area contributed by atoms with Crippen molar-refractivity contribution >= 4 is 21.5 Å². The number of hydrogen-bond donors (Lipinski definition) is 0. The Morgan fingerprint density at radius 3 is 0.886 bits per heavy atom. The van der Waals surface area contributed by atoms with Crippen LogP contribution in [0.15, 0.2) is 388 Å². The molecule has 2 aliphatic heterocycles. The molecule has 0 radical (unpaired) electrons. The first-order valence-electron chi connectivity index (χ1n) is 38.7. The van der Waals surface area contributed by atoms with Crippen LogP contribution in [0.3, 0.4) is 0 Å². The summed E-state index contributed by atoms with van der Waals surface area (Å²) in [4.78, 5) is 31.6. The topological polar surface area (TPSA) is 95.8 Å². The van der Waals surface area contributed by atoms with E-state index in [1.165, 1.54) is 44.5 Å². The fraction of sp³-hybridized carbons (Fsp3) is 0.0189. The number of rotatable bonds is 10. The van der Waals surface area contributed by atoms with Gasteiger partial charge in [0.2, 0.25) is 0 Å². The third-order valence-corrected chi connectivity index (χ3v) is 23.8. The Morgan fingerprint density at radius 1 is 0.158 bits per heavy atom. The summed E-state index contributed by atoms with van der Waals surface area (Å²) in [5.74, 6) is 6.82. The molecule has 0 N–H and O–H groups in total. The molecule has 0 amide bonds. The molecule has 0 fully saturated rings. The largest absolute Gasteiger partial charge is 0.457 e. The first-order valence-corrected chi connectivity index (χ1v) is 38.7. The second kappa shape index (κ2) is 25.8. The van der Waals surface area contributed by atoms with Gasteiger partial charge in [-0.15, -0.1) is 0 Å². The van der Waals surface area contributed by atoms with E-state index in [2.05, 4.69) is 370 Å². The van der Waals surface area contributed by atoms with Crippen molar-refractivity contribution in [2.75, 3.05) is 0 Å². The molecule has 114 heavy (non-hydrogen) atoms. The zero-order valence-electron chi connectivity index (χ0n) is 61.5. The lowest BCUT2D eigenvalue weighted by Crippen LogP contribution is -2.32. The molecule has 0 bridgehead atoms. The highest BCUT2D eigenvalue weighted by Gasteiger charge is 2.53. The zero-order chi connectivity index (χ0) is 75.0. The quantitative estimate of drug-likeness (QED) is 0.134. The van der Waals surface area contributed by atoms with Gasteiger partial charge in [-0.05, 0) is 141 Å². The van der Waals surface area contributed by atoms with Gasteiger partial charge in [-0.25, -0.2) is 29.9 Å². The van der Waals surface area contributed by atoms with Gasteiger partial charge in [0.15, 0.2) is 34.9 Å². The van der Waals surface area contributed by atoms with E-state index in [9.17, 15) is 0 Å². The molecule has 0 unspecified atom stereocenters. The molecular formula is C106H64N6O2. The molecular weight excluding hydrogens is 1390 g/mol. The maximum absolute atomic E-state index is 7.36. The number of hydrogen-bond acceptors (Lipinski definition) is 8. The second-order valence-corrected chi connectivity index (χ2v) is 29.8. The van der Waals surface area contributed by atoms with Crippen LogP contribution in [-0.4, -0.2) is 29.9 Å². The van der Waals surface area contributed by atoms with Crippen molar-refractivity contribution in [3.05, 3.63) is 433 Å². The van der Waals surface area contributed by atoms with Gasteiger partial charge in [0.05, 0.1) is 10.8 Å². The maximum atomic E-state index is 7.36. The van der Waals surface area contributed by atoms with Crippen molar-refractivity contribution in [1.29, 1.82) is 0 Å². The van der Waals surface area contributed by atoms with Crippen molar-refractivity contribution in [2.45, 2.75) is 10.8 Å². The Balaban J connectivity index is 0.587. The van der Waals surface area contributed by atoms with Gasteiger partial charge in [0, 0.05) is 55.6 Å². The van der Waals surface area contributed by atoms with Crippen LogP contribution < -0.4 is 9.47 Å². The summed E-state index contributed by atoms with van der Waals surface area (Å²) in [6.45, 7) is 0. The highest BCUT2D eigenvalue weighted by molar-refractivity contribution is 6.05. The lowest BCUT2D eigenvalue weighted by atomic mass is 9.65. The third kappa shape index (κ3) is 10.0. The summed E-state index contributed by atoms with van der Waals surface area (Å²) < 4.78 is 14.3. The van der Waals surface area contributed by atoms with Crippen LogP contribution in [0.1, 0.15) is 44.5 Å². The fourth-order valence-corrected chi connectivity index (χ4v) is 18.6. The molecule has 4 heterocycles. The molecule has 0 saturated carbocycles. The van der Waals surface area contributed by atoms with Crippen molar-refractivity contribution in [3.63, 3.8) is 0 Å². The summed E-state index contributed by atoms with van der Waals surface area (Å²) in [7, 11) is 0. The molecule has 4 aliphatic rings. The van der Waals surface area contributed by atoms with Crippen LogP contribution in [0.4, 0.5) is 0 Å². The van der Waals surface area contributed by atoms with E-state index in [4.69, 9.17) is 39.4 Å². The molecule has 23 rings (SSSR count). The molecule has 0 saturated heterocycles. The summed E-state index contributed by atoms with van der Waals surface area (Å²) in [6.07, 6.45) is 0. The summed E-state index contributed by atoms with van der Waals surface area (Å²) in [6, 6.07) is 138. The van der Waals surface area contributed by atoms with E-state index < -0.39 is 10.8 Å². The maximum Gasteiger partial charge on any atom is 0.164 e. The monoisotopic (exact) mass is 1450 g/mol. The average Bonchev–Trinajstić information content (AvgIpc) is 1.50. The lowest BCUT2D eigenvalue weighted by Gasteiger charge is -2.39. The van der Waals surface area contributed by atoms with Crippen LogP contribution in [0.25, 0.3) is 157 Å². The van der Waals surface area contributed by atoms with Gasteiger partial charge in [0.25, 0.3) is 0 Å². The molecule has 0 atom stereocenters. The lowest BCUT2D eigenvalue weighted by molar-refractivity contribution is 0.436. The minimum absolute atomic E-state index is 0.537. The normalized spacial score (nSPS) is 13.2. The Labute approximate surface area is 658 Å². The number of para-hydroxylation sites is 1. The van der Waals surface area contributed by atoms with Crippen molar-refractivity contribution in [1.82, 2.24) is 29.9 Å². The number of nitrogens with zero attached hydrogens (tertiary/aromatic N) is 6. The molecule has 17 aromatic carbocycles. The molecule has 8 heteroatoms. The molecule has 19 aromatic rings. The van der Waals surface area contributed by atoms with Gasteiger partial charge in [0.1, 0.15) is 23.0 Å². The number of fused-ring (bicyclic) bond motifs is 20. The minimum atomic E-state index is -0.677. The number of ether oxygens (including phenoxy) is 2. The van der Waals surface area contributed by atoms with Gasteiger partial charge < -0.3 is 9.47 Å². The predicted octanol–water partition coefficient (Wildman–Crippen LogP) is 26.0. The molecule has 530 valence electrons. The second-order valence-electron chi connectivity index (χ2n) is 29.8. The molecule has 2 spiro atoms. The van der Waals surface area contributed by atoms with E-state index in [0.717, 1.165) is 145 Å². The standard InChI is InChI=1S/C106H64N6O2/c1-3-22-68(23-4-1)78-57-58-86(80-30-10-9-29-79(78)80)104-109-99(70-25-5-2-6-26-70)107-100(112-104)71-48-44-66(45-49-71)75-55-60-93-97(63-75)114-98-64-76(56-61-94(98)106(93)89-38-17-13-33-83(89)84-34-14-18-39-90(84)106)67-46-52-73(53-47-67)102-108-101(110-103(111-102)85-35-21-27-69-24-7-8-28-77(69)85)72-50-42-65(43-51-72)74-54-59-92-96(62-74)113-95-41-20-19-40-91(95)105(92)87-36-15-11-31-81(87)82-32-12-16-37-88(82)105/h1-64H. The highest BCUT2D eigenvalue weighted by Crippen LogP contribution is 2.65. The Morgan fingerprint density at radius 2 is 0.439 bits per heavy atom. The van der Waals surface area contributed by atoms with E-state index in [0.29, 0.717) is 34.9 Å². The predicted molar refractivity (Wildman–Crippen MR) is 457 cm³/mol. The summed E-state index contributed by atoms with van der Waals surface area (Å²) >= 11 is 0. The van der Waals surface area contributed by atoms with Crippen LogP contribution in [0, 0.1) is 0 Å². The molecule has 2 aromatic heterocycles.